The molecule has 0 aromatic carbocycles. The van der Waals surface area contributed by atoms with E-state index in [1.807, 2.05) is 0 Å². The van der Waals surface area contributed by atoms with Crippen molar-refractivity contribution in [1.82, 2.24) is 4.57 Å². The van der Waals surface area contributed by atoms with Gasteiger partial charge in [0.15, 0.2) is 17.0 Å². The number of carbonyl (C=O) groups excluding carboxylic acids is 2. The number of aryl methyl sites for hydroxylation is 1. The van der Waals surface area contributed by atoms with Gasteiger partial charge in [0.25, 0.3) is 5.91 Å². The predicted molar refractivity (Wildman–Crippen MR) is 71.9 cm³/mol. The summed E-state index contributed by atoms with van der Waals surface area (Å²) in [6.07, 6.45) is 2.47. The summed E-state index contributed by atoms with van der Waals surface area (Å²) in [6, 6.07) is 1.36. The first-order valence-corrected chi connectivity index (χ1v) is 6.84. The van der Waals surface area contributed by atoms with E-state index in [0.29, 0.717) is 18.5 Å². The molecule has 1 heterocycles. The highest BCUT2D eigenvalue weighted by molar-refractivity contribution is 5.95. The molecule has 3 rings (SSSR count). The number of hydrogen-bond acceptors (Lipinski definition) is 5. The third-order valence-electron chi connectivity index (χ3n) is 3.97. The minimum Gasteiger partial charge on any atom is -0.502 e. The lowest BCUT2D eigenvalue weighted by atomic mass is 10.2. The van der Waals surface area contributed by atoms with E-state index in [4.69, 9.17) is 10.5 Å². The molecule has 0 aliphatic heterocycles. The molecule has 7 nitrogen and oxygen atoms in total. The number of aromatic nitrogens is 1. The minimum absolute atomic E-state index is 0.0720. The molecule has 2 fully saturated rings. The smallest absolute Gasteiger partial charge is 0.360 e. The summed E-state index contributed by atoms with van der Waals surface area (Å²) in [4.78, 5) is 35.4. The van der Waals surface area contributed by atoms with Crippen LogP contribution in [0.25, 0.3) is 0 Å². The zero-order chi connectivity index (χ0) is 15.4. The van der Waals surface area contributed by atoms with Crippen molar-refractivity contribution in [2.75, 3.05) is 0 Å². The van der Waals surface area contributed by atoms with Gasteiger partial charge in [-0.2, -0.15) is 0 Å². The lowest BCUT2D eigenvalue weighted by Crippen LogP contribution is -2.36. The fraction of sp³-hybridized carbons (Fsp3) is 0.500. The summed E-state index contributed by atoms with van der Waals surface area (Å²) < 4.78 is 6.78. The van der Waals surface area contributed by atoms with Crippen LogP contribution in [0.2, 0.25) is 0 Å². The summed E-state index contributed by atoms with van der Waals surface area (Å²) in [5, 5.41) is 9.96. The standard InChI is InChI=1S/C14H16N2O5/c1-7-6-9(17)11(18)10(16(7)8-2-3-8)12(19)21-14(4-5-14)13(15)20/h6,8,18H,2-5H2,1H3,(H2,15,20). The van der Waals surface area contributed by atoms with Gasteiger partial charge in [0, 0.05) is 30.6 Å². The highest BCUT2D eigenvalue weighted by Gasteiger charge is 2.53. The Bertz CT molecular complexity index is 698. The molecule has 1 aromatic rings. The molecule has 112 valence electrons. The quantitative estimate of drug-likeness (QED) is 0.779. The number of nitrogens with zero attached hydrogens (tertiary/aromatic N) is 1. The van der Waals surface area contributed by atoms with E-state index in [9.17, 15) is 19.5 Å². The molecule has 21 heavy (non-hydrogen) atoms. The van der Waals surface area contributed by atoms with Crippen LogP contribution < -0.4 is 11.2 Å². The van der Waals surface area contributed by atoms with Gasteiger partial charge >= 0.3 is 5.97 Å². The van der Waals surface area contributed by atoms with Crippen LogP contribution in [-0.4, -0.2) is 27.2 Å². The lowest BCUT2D eigenvalue weighted by molar-refractivity contribution is -0.128. The van der Waals surface area contributed by atoms with Gasteiger partial charge in [0.05, 0.1) is 0 Å². The first kappa shape index (κ1) is 13.7. The first-order chi connectivity index (χ1) is 9.85. The molecule has 2 aliphatic carbocycles. The van der Waals surface area contributed by atoms with Gasteiger partial charge < -0.3 is 20.1 Å². The van der Waals surface area contributed by atoms with E-state index < -0.39 is 28.7 Å². The molecule has 0 saturated heterocycles. The molecule has 3 N–H and O–H groups in total. The van der Waals surface area contributed by atoms with Crippen LogP contribution in [0.1, 0.15) is 47.9 Å². The normalized spacial score (nSPS) is 19.1. The zero-order valence-electron chi connectivity index (χ0n) is 11.6. The molecule has 0 atom stereocenters. The molecular weight excluding hydrogens is 276 g/mol. The molecular formula is C14H16N2O5. The average Bonchev–Trinajstić information content (AvgIpc) is 3.26. The van der Waals surface area contributed by atoms with Crippen molar-refractivity contribution < 1.29 is 19.4 Å². The highest BCUT2D eigenvalue weighted by atomic mass is 16.6. The Kier molecular flexibility index (Phi) is 2.82. The monoisotopic (exact) mass is 292 g/mol. The van der Waals surface area contributed by atoms with Crippen LogP contribution in [0.15, 0.2) is 10.9 Å². The Morgan fingerprint density at radius 1 is 1.43 bits per heavy atom. The Morgan fingerprint density at radius 2 is 2.05 bits per heavy atom. The second-order valence-electron chi connectivity index (χ2n) is 5.70. The van der Waals surface area contributed by atoms with Crippen LogP contribution in [0, 0.1) is 6.92 Å². The largest absolute Gasteiger partial charge is 0.502 e. The third-order valence-corrected chi connectivity index (χ3v) is 3.97. The lowest BCUT2D eigenvalue weighted by Gasteiger charge is -2.19. The molecule has 2 saturated carbocycles. The van der Waals surface area contributed by atoms with Gasteiger partial charge in [-0.25, -0.2) is 4.79 Å². The number of carbonyl (C=O) groups is 2. The van der Waals surface area contributed by atoms with Crippen molar-refractivity contribution in [2.24, 2.45) is 5.73 Å². The van der Waals surface area contributed by atoms with Gasteiger partial charge in [-0.15, -0.1) is 0 Å². The first-order valence-electron chi connectivity index (χ1n) is 6.84. The maximum Gasteiger partial charge on any atom is 0.360 e. The van der Waals surface area contributed by atoms with Crippen molar-refractivity contribution in [3.8, 4) is 5.75 Å². The van der Waals surface area contributed by atoms with Crippen molar-refractivity contribution in [2.45, 2.75) is 44.2 Å². The summed E-state index contributed by atoms with van der Waals surface area (Å²) in [5.41, 5.74) is 3.70. The van der Waals surface area contributed by atoms with Crippen LogP contribution in [0.4, 0.5) is 0 Å². The topological polar surface area (TPSA) is 112 Å². The number of pyridine rings is 1. The molecule has 0 spiro atoms. The van der Waals surface area contributed by atoms with E-state index in [0.717, 1.165) is 12.8 Å². The summed E-state index contributed by atoms with van der Waals surface area (Å²) in [6.45, 7) is 1.69. The summed E-state index contributed by atoms with van der Waals surface area (Å²) >= 11 is 0. The van der Waals surface area contributed by atoms with Crippen molar-refractivity contribution >= 4 is 11.9 Å². The molecule has 1 aromatic heterocycles. The minimum atomic E-state index is -1.28. The molecule has 2 aliphatic rings. The highest BCUT2D eigenvalue weighted by Crippen LogP contribution is 2.42. The number of ether oxygens (including phenoxy) is 1. The molecule has 0 bridgehead atoms. The van der Waals surface area contributed by atoms with E-state index in [2.05, 4.69) is 0 Å². The molecule has 7 heteroatoms. The van der Waals surface area contributed by atoms with Gasteiger partial charge in [0.1, 0.15) is 0 Å². The van der Waals surface area contributed by atoms with Crippen molar-refractivity contribution in [1.29, 1.82) is 0 Å². The molecule has 1 amide bonds. The number of aromatic hydroxyl groups is 1. The number of esters is 1. The average molecular weight is 292 g/mol. The second-order valence-corrected chi connectivity index (χ2v) is 5.70. The van der Waals surface area contributed by atoms with E-state index in [1.165, 1.54) is 6.07 Å². The van der Waals surface area contributed by atoms with E-state index >= 15 is 0 Å². The maximum atomic E-state index is 12.3. The van der Waals surface area contributed by atoms with E-state index in [1.54, 1.807) is 11.5 Å². The van der Waals surface area contributed by atoms with Crippen molar-refractivity contribution in [3.63, 3.8) is 0 Å². The number of rotatable bonds is 4. The zero-order valence-corrected chi connectivity index (χ0v) is 11.6. The Balaban J connectivity index is 2.03. The van der Waals surface area contributed by atoms with Crippen molar-refractivity contribution in [3.05, 3.63) is 27.7 Å². The Hall–Kier alpha value is -2.31. The van der Waals surface area contributed by atoms with Gasteiger partial charge in [0.2, 0.25) is 5.43 Å². The number of primary amides is 1. The molecule has 0 unspecified atom stereocenters. The van der Waals surface area contributed by atoms with Gasteiger partial charge in [-0.1, -0.05) is 0 Å². The van der Waals surface area contributed by atoms with Crippen LogP contribution in [0.5, 0.6) is 5.75 Å². The van der Waals surface area contributed by atoms with E-state index in [-0.39, 0.29) is 11.7 Å². The predicted octanol–water partition coefficient (Wildman–Crippen LogP) is 0.372. The SMILES string of the molecule is Cc1cc(=O)c(O)c(C(=O)OC2(C(N)=O)CC2)n1C1CC1. The Morgan fingerprint density at radius 3 is 2.52 bits per heavy atom. The number of hydrogen-bond donors (Lipinski definition) is 2. The number of nitrogens with two attached hydrogens (primary N) is 1. The van der Waals surface area contributed by atoms with Gasteiger partial charge in [-0.05, 0) is 19.8 Å². The maximum absolute atomic E-state index is 12.3. The van der Waals surface area contributed by atoms with Crippen LogP contribution >= 0.6 is 0 Å². The Labute approximate surface area is 120 Å². The third kappa shape index (κ3) is 2.18. The van der Waals surface area contributed by atoms with Crippen LogP contribution in [0.3, 0.4) is 0 Å². The summed E-state index contributed by atoms with van der Waals surface area (Å²) in [7, 11) is 0. The van der Waals surface area contributed by atoms with Gasteiger partial charge in [-0.3, -0.25) is 9.59 Å². The number of amides is 1. The van der Waals surface area contributed by atoms with Crippen LogP contribution in [-0.2, 0) is 9.53 Å². The summed E-state index contributed by atoms with van der Waals surface area (Å²) in [5.74, 6) is -2.22. The fourth-order valence-electron chi connectivity index (χ4n) is 2.47. The second kappa shape index (κ2) is 4.34. The molecule has 0 radical (unpaired) electrons. The fourth-order valence-corrected chi connectivity index (χ4v) is 2.47.